The monoisotopic (exact) mass is 371 g/mol. The lowest BCUT2D eigenvalue weighted by atomic mass is 10.1. The molecule has 0 fully saturated rings. The average Bonchev–Trinajstić information content (AvgIpc) is 2.66. The second-order valence-electron chi connectivity index (χ2n) is 6.11. The molecule has 0 bridgehead atoms. The number of carbonyl (C=O) groups excluding carboxylic acids is 2. The fourth-order valence-corrected chi connectivity index (χ4v) is 2.64. The Morgan fingerprint density at radius 2 is 1.93 bits per heavy atom. The molecule has 142 valence electrons. The van der Waals surface area contributed by atoms with Crippen LogP contribution in [0.1, 0.15) is 22.8 Å². The lowest BCUT2D eigenvalue weighted by Crippen LogP contribution is -2.30. The highest BCUT2D eigenvalue weighted by Crippen LogP contribution is 2.40. The van der Waals surface area contributed by atoms with Crippen LogP contribution < -0.4 is 19.5 Å². The Morgan fingerprint density at radius 1 is 1.15 bits per heavy atom. The molecule has 1 heterocycles. The molecule has 1 N–H and O–H groups in total. The molecule has 1 unspecified atom stereocenters. The van der Waals surface area contributed by atoms with E-state index < -0.39 is 18.0 Å². The van der Waals surface area contributed by atoms with Crippen molar-refractivity contribution in [1.29, 1.82) is 0 Å². The number of methoxy groups -OCH3 is 1. The van der Waals surface area contributed by atoms with E-state index in [2.05, 4.69) is 5.32 Å². The van der Waals surface area contributed by atoms with Crippen molar-refractivity contribution in [3.05, 3.63) is 47.5 Å². The third-order valence-electron chi connectivity index (χ3n) is 4.00. The molecule has 1 aliphatic rings. The highest BCUT2D eigenvalue weighted by molar-refractivity contribution is 5.97. The van der Waals surface area contributed by atoms with E-state index in [4.69, 9.17) is 18.9 Å². The smallest absolute Gasteiger partial charge is 0.339 e. The van der Waals surface area contributed by atoms with Gasteiger partial charge in [-0.25, -0.2) is 4.79 Å². The number of ether oxygens (including phenoxy) is 4. The number of benzene rings is 2. The van der Waals surface area contributed by atoms with E-state index >= 15 is 0 Å². The van der Waals surface area contributed by atoms with Crippen molar-refractivity contribution in [3.8, 4) is 17.2 Å². The molecule has 0 spiro atoms. The van der Waals surface area contributed by atoms with Crippen molar-refractivity contribution in [2.45, 2.75) is 20.0 Å². The molecule has 7 nitrogen and oxygen atoms in total. The molecule has 27 heavy (non-hydrogen) atoms. The topological polar surface area (TPSA) is 83.1 Å². The average molecular weight is 371 g/mol. The lowest BCUT2D eigenvalue weighted by molar-refractivity contribution is -0.123. The minimum atomic E-state index is -0.975. The fraction of sp³-hybridized carbons (Fsp3) is 0.300. The number of anilines is 1. The molecule has 0 radical (unpaired) electrons. The Labute approximate surface area is 157 Å². The Balaban J connectivity index is 1.70. The number of rotatable bonds is 5. The van der Waals surface area contributed by atoms with Crippen LogP contribution >= 0.6 is 0 Å². The molecule has 0 saturated heterocycles. The number of hydrogen-bond donors (Lipinski definition) is 1. The SMILES string of the molecule is COc1cc(C(=O)OC(C)C(=O)Nc2cccc(C)c2)cc2c1OCCO2. The Morgan fingerprint density at radius 3 is 2.67 bits per heavy atom. The molecule has 2 aromatic carbocycles. The van der Waals surface area contributed by atoms with Gasteiger partial charge in [-0.05, 0) is 43.7 Å². The Bertz CT molecular complexity index is 846. The summed E-state index contributed by atoms with van der Waals surface area (Å²) < 4.78 is 21.6. The molecular formula is C20H21NO6. The van der Waals surface area contributed by atoms with Gasteiger partial charge in [-0.1, -0.05) is 12.1 Å². The van der Waals surface area contributed by atoms with E-state index in [1.54, 1.807) is 6.07 Å². The molecule has 0 aromatic heterocycles. The van der Waals surface area contributed by atoms with Crippen LogP contribution in [0.25, 0.3) is 0 Å². The number of amides is 1. The van der Waals surface area contributed by atoms with E-state index in [0.717, 1.165) is 5.56 Å². The van der Waals surface area contributed by atoms with Crippen molar-refractivity contribution in [2.75, 3.05) is 25.6 Å². The molecule has 3 rings (SSSR count). The molecule has 2 aromatic rings. The van der Waals surface area contributed by atoms with Gasteiger partial charge in [0.25, 0.3) is 5.91 Å². The predicted octanol–water partition coefficient (Wildman–Crippen LogP) is 2.96. The highest BCUT2D eigenvalue weighted by atomic mass is 16.6. The van der Waals surface area contributed by atoms with Crippen LogP contribution in [-0.2, 0) is 9.53 Å². The number of carbonyl (C=O) groups is 2. The van der Waals surface area contributed by atoms with Gasteiger partial charge in [0.05, 0.1) is 12.7 Å². The summed E-state index contributed by atoms with van der Waals surface area (Å²) in [6, 6.07) is 10.4. The van der Waals surface area contributed by atoms with Gasteiger partial charge in [-0.15, -0.1) is 0 Å². The summed E-state index contributed by atoms with van der Waals surface area (Å²) in [4.78, 5) is 24.8. The summed E-state index contributed by atoms with van der Waals surface area (Å²) in [6.45, 7) is 4.22. The maximum absolute atomic E-state index is 12.5. The van der Waals surface area contributed by atoms with Gasteiger partial charge in [-0.3, -0.25) is 4.79 Å². The third kappa shape index (κ3) is 4.31. The summed E-state index contributed by atoms with van der Waals surface area (Å²) in [7, 11) is 1.47. The minimum Gasteiger partial charge on any atom is -0.493 e. The minimum absolute atomic E-state index is 0.214. The highest BCUT2D eigenvalue weighted by Gasteiger charge is 2.24. The number of nitrogens with one attached hydrogen (secondary N) is 1. The second kappa shape index (κ2) is 7.99. The summed E-state index contributed by atoms with van der Waals surface area (Å²) in [5.41, 5.74) is 1.87. The molecule has 1 aliphatic heterocycles. The zero-order valence-electron chi connectivity index (χ0n) is 15.4. The van der Waals surface area contributed by atoms with Crippen molar-refractivity contribution < 1.29 is 28.5 Å². The molecule has 7 heteroatoms. The first-order valence-electron chi connectivity index (χ1n) is 8.54. The van der Waals surface area contributed by atoms with Crippen molar-refractivity contribution >= 4 is 17.6 Å². The molecule has 0 aliphatic carbocycles. The van der Waals surface area contributed by atoms with Gasteiger partial charge >= 0.3 is 5.97 Å². The first-order chi connectivity index (χ1) is 13.0. The van der Waals surface area contributed by atoms with Crippen LogP contribution in [0.3, 0.4) is 0 Å². The lowest BCUT2D eigenvalue weighted by Gasteiger charge is -2.21. The van der Waals surface area contributed by atoms with Gasteiger partial charge < -0.3 is 24.3 Å². The first kappa shape index (κ1) is 18.6. The zero-order chi connectivity index (χ0) is 19.4. The maximum Gasteiger partial charge on any atom is 0.339 e. The standard InChI is InChI=1S/C20H21NO6/c1-12-5-4-6-15(9-12)21-19(22)13(2)27-20(23)14-10-16(24-3)18-17(11-14)25-7-8-26-18/h4-6,9-11,13H,7-8H2,1-3H3,(H,21,22). The van der Waals surface area contributed by atoms with E-state index in [1.807, 2.05) is 25.1 Å². The molecule has 1 amide bonds. The summed E-state index contributed by atoms with van der Waals surface area (Å²) in [5, 5.41) is 2.73. The van der Waals surface area contributed by atoms with Crippen molar-refractivity contribution in [2.24, 2.45) is 0 Å². The molecule has 1 atom stereocenters. The number of fused-ring (bicyclic) bond motifs is 1. The van der Waals surface area contributed by atoms with Crippen LogP contribution in [0, 0.1) is 6.92 Å². The summed E-state index contributed by atoms with van der Waals surface area (Å²) >= 11 is 0. The van der Waals surface area contributed by atoms with E-state index in [9.17, 15) is 9.59 Å². The van der Waals surface area contributed by atoms with Crippen LogP contribution in [0.5, 0.6) is 17.2 Å². The molecule has 0 saturated carbocycles. The Hall–Kier alpha value is -3.22. The predicted molar refractivity (Wildman–Crippen MR) is 98.7 cm³/mol. The number of hydrogen-bond acceptors (Lipinski definition) is 6. The fourth-order valence-electron chi connectivity index (χ4n) is 2.64. The van der Waals surface area contributed by atoms with Crippen LogP contribution in [0.2, 0.25) is 0 Å². The number of aryl methyl sites for hydroxylation is 1. The van der Waals surface area contributed by atoms with E-state index in [0.29, 0.717) is 36.1 Å². The summed E-state index contributed by atoms with van der Waals surface area (Å²) in [6.07, 6.45) is -0.975. The van der Waals surface area contributed by atoms with Crippen LogP contribution in [0.4, 0.5) is 5.69 Å². The van der Waals surface area contributed by atoms with Crippen LogP contribution in [-0.4, -0.2) is 38.3 Å². The first-order valence-corrected chi connectivity index (χ1v) is 8.54. The van der Waals surface area contributed by atoms with Gasteiger partial charge in [0.15, 0.2) is 17.6 Å². The second-order valence-corrected chi connectivity index (χ2v) is 6.11. The largest absolute Gasteiger partial charge is 0.493 e. The van der Waals surface area contributed by atoms with Crippen molar-refractivity contribution in [1.82, 2.24) is 0 Å². The van der Waals surface area contributed by atoms with Crippen molar-refractivity contribution in [3.63, 3.8) is 0 Å². The van der Waals surface area contributed by atoms with Gasteiger partial charge in [0, 0.05) is 5.69 Å². The van der Waals surface area contributed by atoms with Gasteiger partial charge in [0.1, 0.15) is 13.2 Å². The van der Waals surface area contributed by atoms with Crippen LogP contribution in [0.15, 0.2) is 36.4 Å². The number of esters is 1. The summed E-state index contributed by atoms with van der Waals surface area (Å²) in [5.74, 6) is 0.154. The third-order valence-corrected chi connectivity index (χ3v) is 4.00. The van der Waals surface area contributed by atoms with Gasteiger partial charge in [-0.2, -0.15) is 0 Å². The zero-order valence-corrected chi connectivity index (χ0v) is 15.4. The van der Waals surface area contributed by atoms with E-state index in [1.165, 1.54) is 26.2 Å². The normalized spacial score (nSPS) is 13.4. The maximum atomic E-state index is 12.5. The molecular weight excluding hydrogens is 350 g/mol. The van der Waals surface area contributed by atoms with E-state index in [-0.39, 0.29) is 5.56 Å². The van der Waals surface area contributed by atoms with Gasteiger partial charge in [0.2, 0.25) is 5.75 Å². The Kier molecular flexibility index (Phi) is 5.49. The quantitative estimate of drug-likeness (QED) is 0.814.